The van der Waals surface area contributed by atoms with E-state index in [-0.39, 0.29) is 5.91 Å². The molecular weight excluding hydrogens is 343 g/mol. The van der Waals surface area contributed by atoms with Crippen LogP contribution in [-0.4, -0.2) is 29.8 Å². The molecule has 1 aromatic heterocycles. The molecule has 1 heterocycles. The average molecular weight is 357 g/mol. The van der Waals surface area contributed by atoms with Crippen LogP contribution in [-0.2, 0) is 4.79 Å². The van der Waals surface area contributed by atoms with Gasteiger partial charge in [0.05, 0.1) is 22.3 Å². The van der Waals surface area contributed by atoms with Crippen molar-refractivity contribution < 1.29 is 9.53 Å². The van der Waals surface area contributed by atoms with Crippen LogP contribution in [0.2, 0.25) is 10.0 Å². The van der Waals surface area contributed by atoms with E-state index in [0.717, 1.165) is 10.8 Å². The second-order valence-corrected chi connectivity index (χ2v) is 6.12. The van der Waals surface area contributed by atoms with Crippen LogP contribution in [0.25, 0.3) is 0 Å². The highest BCUT2D eigenvalue weighted by Crippen LogP contribution is 2.17. The first-order valence-corrected chi connectivity index (χ1v) is 8.27. The molecule has 0 saturated carbocycles. The van der Waals surface area contributed by atoms with Gasteiger partial charge in [-0.05, 0) is 36.4 Å². The van der Waals surface area contributed by atoms with Crippen LogP contribution < -0.4 is 10.1 Å². The van der Waals surface area contributed by atoms with Crippen molar-refractivity contribution in [2.45, 2.75) is 5.03 Å². The van der Waals surface area contributed by atoms with Gasteiger partial charge in [0.15, 0.2) is 0 Å². The van der Waals surface area contributed by atoms with Gasteiger partial charge in [0.1, 0.15) is 12.4 Å². The Bertz CT molecular complexity index is 606. The highest BCUT2D eigenvalue weighted by atomic mass is 35.5. The Kier molecular flexibility index (Phi) is 6.83. The molecular formula is C15H14Cl2N2O2S. The summed E-state index contributed by atoms with van der Waals surface area (Å²) >= 11 is 12.9. The standard InChI is InChI=1S/C15H14Cl2N2O2S/c16-11-1-4-13(5-2-11)21-8-7-18-14(20)10-22-15-6-3-12(17)9-19-15/h1-6,9H,7-8,10H2,(H,18,20). The maximum atomic E-state index is 11.7. The third-order valence-corrected chi connectivity index (χ3v) is 3.98. The number of pyridine rings is 1. The number of thioether (sulfide) groups is 1. The molecule has 0 bridgehead atoms. The van der Waals surface area contributed by atoms with Gasteiger partial charge >= 0.3 is 0 Å². The molecule has 0 aliphatic carbocycles. The van der Waals surface area contributed by atoms with Gasteiger partial charge in [-0.2, -0.15) is 0 Å². The quantitative estimate of drug-likeness (QED) is 0.607. The second kappa shape index (κ2) is 8.88. The van der Waals surface area contributed by atoms with Crippen LogP contribution in [0.4, 0.5) is 0 Å². The van der Waals surface area contributed by atoms with Crippen LogP contribution in [0, 0.1) is 0 Å². The Balaban J connectivity index is 1.61. The van der Waals surface area contributed by atoms with Gasteiger partial charge in [-0.1, -0.05) is 35.0 Å². The van der Waals surface area contributed by atoms with E-state index in [9.17, 15) is 4.79 Å². The summed E-state index contributed by atoms with van der Waals surface area (Å²) in [7, 11) is 0. The van der Waals surface area contributed by atoms with E-state index in [1.807, 2.05) is 0 Å². The molecule has 116 valence electrons. The van der Waals surface area contributed by atoms with Crippen molar-refractivity contribution in [3.05, 3.63) is 52.6 Å². The third-order valence-electron chi connectivity index (χ3n) is 2.56. The summed E-state index contributed by atoms with van der Waals surface area (Å²) in [6.45, 7) is 0.841. The van der Waals surface area contributed by atoms with Gasteiger partial charge in [0.2, 0.25) is 5.91 Å². The molecule has 0 atom stereocenters. The van der Waals surface area contributed by atoms with Gasteiger partial charge in [-0.25, -0.2) is 4.98 Å². The summed E-state index contributed by atoms with van der Waals surface area (Å²) < 4.78 is 5.48. The molecule has 2 rings (SSSR count). The highest BCUT2D eigenvalue weighted by Gasteiger charge is 2.03. The lowest BCUT2D eigenvalue weighted by atomic mass is 10.3. The van der Waals surface area contributed by atoms with Gasteiger partial charge in [0.25, 0.3) is 0 Å². The fourth-order valence-corrected chi connectivity index (χ4v) is 2.44. The Morgan fingerprint density at radius 3 is 2.55 bits per heavy atom. The maximum absolute atomic E-state index is 11.7. The number of carbonyl (C=O) groups is 1. The van der Waals surface area contributed by atoms with Crippen LogP contribution in [0.3, 0.4) is 0 Å². The zero-order chi connectivity index (χ0) is 15.8. The first-order valence-electron chi connectivity index (χ1n) is 6.53. The van der Waals surface area contributed by atoms with Gasteiger partial charge in [-0.15, -0.1) is 0 Å². The Labute approximate surface area is 143 Å². The van der Waals surface area contributed by atoms with Crippen molar-refractivity contribution in [2.75, 3.05) is 18.9 Å². The molecule has 0 aliphatic rings. The SMILES string of the molecule is O=C(CSc1ccc(Cl)cn1)NCCOc1ccc(Cl)cc1. The minimum atomic E-state index is -0.0681. The molecule has 7 heteroatoms. The largest absolute Gasteiger partial charge is 0.492 e. The summed E-state index contributed by atoms with van der Waals surface area (Å²) in [4.78, 5) is 15.8. The predicted octanol–water partition coefficient (Wildman–Crippen LogP) is 3.68. The molecule has 0 unspecified atom stereocenters. The average Bonchev–Trinajstić information content (AvgIpc) is 2.53. The van der Waals surface area contributed by atoms with E-state index < -0.39 is 0 Å². The molecule has 1 amide bonds. The van der Waals surface area contributed by atoms with Crippen LogP contribution in [0.5, 0.6) is 5.75 Å². The van der Waals surface area contributed by atoms with E-state index >= 15 is 0 Å². The van der Waals surface area contributed by atoms with Crippen molar-refractivity contribution >= 4 is 40.9 Å². The first-order chi connectivity index (χ1) is 10.6. The molecule has 0 saturated heterocycles. The Morgan fingerprint density at radius 2 is 1.86 bits per heavy atom. The lowest BCUT2D eigenvalue weighted by Gasteiger charge is -2.07. The van der Waals surface area contributed by atoms with E-state index in [1.54, 1.807) is 42.6 Å². The Morgan fingerprint density at radius 1 is 1.14 bits per heavy atom. The number of amides is 1. The van der Waals surface area contributed by atoms with Crippen molar-refractivity contribution in [1.82, 2.24) is 10.3 Å². The normalized spacial score (nSPS) is 10.3. The summed E-state index contributed by atoms with van der Waals surface area (Å²) in [6, 6.07) is 10.6. The van der Waals surface area contributed by atoms with Gasteiger partial charge < -0.3 is 10.1 Å². The highest BCUT2D eigenvalue weighted by molar-refractivity contribution is 7.99. The number of nitrogens with zero attached hydrogens (tertiary/aromatic N) is 1. The number of rotatable bonds is 7. The number of nitrogens with one attached hydrogen (secondary N) is 1. The van der Waals surface area contributed by atoms with Crippen LogP contribution in [0.15, 0.2) is 47.6 Å². The molecule has 1 aromatic carbocycles. The van der Waals surface area contributed by atoms with Crippen molar-refractivity contribution in [3.63, 3.8) is 0 Å². The van der Waals surface area contributed by atoms with Crippen molar-refractivity contribution in [1.29, 1.82) is 0 Å². The lowest BCUT2D eigenvalue weighted by molar-refractivity contribution is -0.118. The van der Waals surface area contributed by atoms with Crippen LogP contribution >= 0.6 is 35.0 Å². The van der Waals surface area contributed by atoms with Crippen molar-refractivity contribution in [3.8, 4) is 5.75 Å². The number of hydrogen-bond donors (Lipinski definition) is 1. The number of ether oxygens (including phenoxy) is 1. The molecule has 0 fully saturated rings. The fraction of sp³-hybridized carbons (Fsp3) is 0.200. The number of halogens is 2. The number of aromatic nitrogens is 1. The zero-order valence-corrected chi connectivity index (χ0v) is 13.9. The molecule has 0 spiro atoms. The van der Waals surface area contributed by atoms with Gasteiger partial charge in [-0.3, -0.25) is 4.79 Å². The zero-order valence-electron chi connectivity index (χ0n) is 11.6. The monoisotopic (exact) mass is 356 g/mol. The molecule has 0 radical (unpaired) electrons. The smallest absolute Gasteiger partial charge is 0.230 e. The summed E-state index contributed by atoms with van der Waals surface area (Å²) in [6.07, 6.45) is 1.56. The summed E-state index contributed by atoms with van der Waals surface area (Å²) in [5, 5.41) is 4.78. The van der Waals surface area contributed by atoms with Crippen molar-refractivity contribution in [2.24, 2.45) is 0 Å². The lowest BCUT2D eigenvalue weighted by Crippen LogP contribution is -2.29. The van der Waals surface area contributed by atoms with E-state index in [4.69, 9.17) is 27.9 Å². The second-order valence-electron chi connectivity index (χ2n) is 4.26. The topological polar surface area (TPSA) is 51.2 Å². The molecule has 2 aromatic rings. The van der Waals surface area contributed by atoms with Crippen LogP contribution in [0.1, 0.15) is 0 Å². The molecule has 22 heavy (non-hydrogen) atoms. The minimum Gasteiger partial charge on any atom is -0.492 e. The summed E-state index contributed by atoms with van der Waals surface area (Å²) in [5.74, 6) is 0.954. The molecule has 0 aliphatic heterocycles. The number of carbonyl (C=O) groups excluding carboxylic acids is 1. The first kappa shape index (κ1) is 16.9. The maximum Gasteiger partial charge on any atom is 0.230 e. The summed E-state index contributed by atoms with van der Waals surface area (Å²) in [5.41, 5.74) is 0. The van der Waals surface area contributed by atoms with E-state index in [0.29, 0.717) is 28.9 Å². The molecule has 4 nitrogen and oxygen atoms in total. The predicted molar refractivity (Wildman–Crippen MR) is 89.9 cm³/mol. The van der Waals surface area contributed by atoms with E-state index in [2.05, 4.69) is 10.3 Å². The third kappa shape index (κ3) is 6.13. The number of benzene rings is 1. The van der Waals surface area contributed by atoms with E-state index in [1.165, 1.54) is 11.8 Å². The number of hydrogen-bond acceptors (Lipinski definition) is 4. The van der Waals surface area contributed by atoms with Gasteiger partial charge in [0, 0.05) is 11.2 Å². The minimum absolute atomic E-state index is 0.0681. The fourth-order valence-electron chi connectivity index (χ4n) is 1.53. The Hall–Kier alpha value is -1.43. The molecule has 1 N–H and O–H groups in total.